The standard InChI is InChI=1S/C29H25F3N6O2/c30-29(31,32)21-6-8-23(9-7-21)38-25(20-10-14-33-15-11-20)18-24(35-38)26(39)36-16-12-28(13-17-36)27(40)37(19-34-28)22-4-2-1-3-5-22/h1-11,14-15,18,34H,12-13,16-17,19H2. The van der Waals surface area contributed by atoms with Gasteiger partial charge in [-0.15, -0.1) is 0 Å². The van der Waals surface area contributed by atoms with Gasteiger partial charge in [0.05, 0.1) is 23.6 Å². The van der Waals surface area contributed by atoms with Gasteiger partial charge in [-0.2, -0.15) is 18.3 Å². The number of nitrogens with one attached hydrogen (secondary N) is 1. The third-order valence-corrected chi connectivity index (χ3v) is 7.55. The summed E-state index contributed by atoms with van der Waals surface area (Å²) in [7, 11) is 0. The van der Waals surface area contributed by atoms with Crippen molar-refractivity contribution in [3.8, 4) is 16.9 Å². The lowest BCUT2D eigenvalue weighted by atomic mass is 9.87. The van der Waals surface area contributed by atoms with Crippen molar-refractivity contribution in [2.24, 2.45) is 0 Å². The molecule has 0 atom stereocenters. The molecule has 2 saturated heterocycles. The lowest BCUT2D eigenvalue weighted by Gasteiger charge is -2.37. The number of hydrogen-bond donors (Lipinski definition) is 1. The summed E-state index contributed by atoms with van der Waals surface area (Å²) >= 11 is 0. The number of piperidine rings is 1. The molecular weight excluding hydrogens is 521 g/mol. The minimum Gasteiger partial charge on any atom is -0.337 e. The molecule has 8 nitrogen and oxygen atoms in total. The monoisotopic (exact) mass is 546 g/mol. The Kier molecular flexibility index (Phi) is 6.38. The average Bonchev–Trinajstić information content (AvgIpc) is 3.56. The number of halogens is 3. The molecule has 2 fully saturated rings. The summed E-state index contributed by atoms with van der Waals surface area (Å²) in [5, 5.41) is 7.89. The Morgan fingerprint density at radius 2 is 1.57 bits per heavy atom. The first kappa shape index (κ1) is 25.8. The van der Waals surface area contributed by atoms with Gasteiger partial charge in [0, 0.05) is 36.7 Å². The van der Waals surface area contributed by atoms with Crippen LogP contribution >= 0.6 is 0 Å². The first-order valence-corrected chi connectivity index (χ1v) is 12.8. The van der Waals surface area contributed by atoms with Gasteiger partial charge in [0.25, 0.3) is 5.91 Å². The molecule has 2 aromatic heterocycles. The van der Waals surface area contributed by atoms with Crippen molar-refractivity contribution >= 4 is 17.5 Å². The van der Waals surface area contributed by atoms with Gasteiger partial charge < -0.3 is 4.90 Å². The first-order chi connectivity index (χ1) is 19.2. The highest BCUT2D eigenvalue weighted by Gasteiger charge is 2.49. The summed E-state index contributed by atoms with van der Waals surface area (Å²) in [5.74, 6) is -0.307. The Morgan fingerprint density at radius 3 is 2.23 bits per heavy atom. The van der Waals surface area contributed by atoms with E-state index in [9.17, 15) is 22.8 Å². The molecule has 2 aromatic carbocycles. The van der Waals surface area contributed by atoms with Crippen LogP contribution in [0.4, 0.5) is 18.9 Å². The molecule has 4 heterocycles. The van der Waals surface area contributed by atoms with Gasteiger partial charge in [-0.05, 0) is 67.4 Å². The number of nitrogens with zero attached hydrogens (tertiary/aromatic N) is 5. The molecular formula is C29H25F3N6O2. The Bertz CT molecular complexity index is 1530. The van der Waals surface area contributed by atoms with Crippen LogP contribution in [-0.2, 0) is 11.0 Å². The summed E-state index contributed by atoms with van der Waals surface area (Å²) in [4.78, 5) is 34.3. The zero-order chi connectivity index (χ0) is 27.9. The van der Waals surface area contributed by atoms with Crippen molar-refractivity contribution in [2.75, 3.05) is 24.7 Å². The van der Waals surface area contributed by atoms with Crippen LogP contribution in [0.15, 0.2) is 85.2 Å². The molecule has 11 heteroatoms. The number of carbonyl (C=O) groups excluding carboxylic acids is 2. The predicted molar refractivity (Wildman–Crippen MR) is 142 cm³/mol. The second-order valence-corrected chi connectivity index (χ2v) is 9.89. The number of pyridine rings is 1. The smallest absolute Gasteiger partial charge is 0.337 e. The van der Waals surface area contributed by atoms with Crippen LogP contribution < -0.4 is 10.2 Å². The van der Waals surface area contributed by atoms with E-state index >= 15 is 0 Å². The first-order valence-electron chi connectivity index (χ1n) is 12.8. The molecule has 204 valence electrons. The molecule has 1 N–H and O–H groups in total. The summed E-state index contributed by atoms with van der Waals surface area (Å²) in [5.41, 5.74) is 1.14. The maximum atomic E-state index is 13.6. The fourth-order valence-corrected chi connectivity index (χ4v) is 5.30. The number of anilines is 1. The molecule has 40 heavy (non-hydrogen) atoms. The molecule has 2 aliphatic heterocycles. The number of benzene rings is 2. The molecule has 0 saturated carbocycles. The maximum Gasteiger partial charge on any atom is 0.416 e. The van der Waals surface area contributed by atoms with Crippen molar-refractivity contribution in [2.45, 2.75) is 24.6 Å². The Hall–Kier alpha value is -4.51. The summed E-state index contributed by atoms with van der Waals surface area (Å²) in [6, 6.07) is 19.2. The van der Waals surface area contributed by atoms with E-state index in [0.717, 1.165) is 17.8 Å². The molecule has 0 radical (unpaired) electrons. The van der Waals surface area contributed by atoms with E-state index < -0.39 is 17.3 Å². The zero-order valence-electron chi connectivity index (χ0n) is 21.3. The van der Waals surface area contributed by atoms with Crippen LogP contribution in [0.25, 0.3) is 16.9 Å². The number of alkyl halides is 3. The second-order valence-electron chi connectivity index (χ2n) is 9.89. The van der Waals surface area contributed by atoms with Crippen molar-refractivity contribution in [1.29, 1.82) is 0 Å². The topological polar surface area (TPSA) is 83.4 Å². The van der Waals surface area contributed by atoms with Crippen LogP contribution in [0.5, 0.6) is 0 Å². The number of aromatic nitrogens is 3. The minimum atomic E-state index is -4.46. The third-order valence-electron chi connectivity index (χ3n) is 7.55. The van der Waals surface area contributed by atoms with E-state index in [1.54, 1.807) is 40.4 Å². The highest BCUT2D eigenvalue weighted by molar-refractivity contribution is 6.02. The van der Waals surface area contributed by atoms with E-state index in [0.29, 0.717) is 49.5 Å². The summed E-state index contributed by atoms with van der Waals surface area (Å²) in [6.07, 6.45) is -0.364. The number of rotatable bonds is 4. The predicted octanol–water partition coefficient (Wildman–Crippen LogP) is 4.52. The van der Waals surface area contributed by atoms with Gasteiger partial charge in [-0.1, -0.05) is 18.2 Å². The molecule has 0 aliphatic carbocycles. The highest BCUT2D eigenvalue weighted by atomic mass is 19.4. The summed E-state index contributed by atoms with van der Waals surface area (Å²) in [6.45, 7) is 1.12. The van der Waals surface area contributed by atoms with Gasteiger partial charge in [0.1, 0.15) is 5.54 Å². The maximum absolute atomic E-state index is 13.6. The summed E-state index contributed by atoms with van der Waals surface area (Å²) < 4.78 is 40.8. The molecule has 1 spiro atoms. The number of para-hydroxylation sites is 1. The van der Waals surface area contributed by atoms with E-state index in [1.807, 2.05) is 30.3 Å². The Labute approximate surface area is 228 Å². The van der Waals surface area contributed by atoms with Crippen LogP contribution in [0, 0.1) is 0 Å². The lowest BCUT2D eigenvalue weighted by molar-refractivity contribution is -0.137. The van der Waals surface area contributed by atoms with E-state index in [2.05, 4.69) is 15.4 Å². The number of likely N-dealkylation sites (tertiary alicyclic amines) is 1. The molecule has 0 bridgehead atoms. The fourth-order valence-electron chi connectivity index (χ4n) is 5.30. The molecule has 2 aliphatic rings. The normalized spacial score (nSPS) is 17.0. The molecule has 2 amide bonds. The van der Waals surface area contributed by atoms with Crippen LogP contribution in [0.2, 0.25) is 0 Å². The van der Waals surface area contributed by atoms with Gasteiger partial charge in [0.15, 0.2) is 5.69 Å². The lowest BCUT2D eigenvalue weighted by Crippen LogP contribution is -2.55. The largest absolute Gasteiger partial charge is 0.416 e. The SMILES string of the molecule is O=C(c1cc(-c2ccncc2)n(-c2ccc(C(F)(F)F)cc2)n1)N1CCC2(CC1)NCN(c1ccccc1)C2=O. The molecule has 0 unspecified atom stereocenters. The van der Waals surface area contributed by atoms with Crippen LogP contribution in [0.3, 0.4) is 0 Å². The van der Waals surface area contributed by atoms with Crippen molar-refractivity contribution in [1.82, 2.24) is 25.0 Å². The van der Waals surface area contributed by atoms with E-state index in [4.69, 9.17) is 0 Å². The van der Waals surface area contributed by atoms with Gasteiger partial charge in [0.2, 0.25) is 5.91 Å². The van der Waals surface area contributed by atoms with Gasteiger partial charge in [-0.3, -0.25) is 24.8 Å². The van der Waals surface area contributed by atoms with E-state index in [1.165, 1.54) is 16.8 Å². The zero-order valence-corrected chi connectivity index (χ0v) is 21.3. The fraction of sp³-hybridized carbons (Fsp3) is 0.241. The Balaban J connectivity index is 1.23. The van der Waals surface area contributed by atoms with Crippen molar-refractivity contribution < 1.29 is 22.8 Å². The van der Waals surface area contributed by atoms with Crippen LogP contribution in [0.1, 0.15) is 28.9 Å². The number of amides is 2. The van der Waals surface area contributed by atoms with Crippen LogP contribution in [-0.4, -0.2) is 56.8 Å². The van der Waals surface area contributed by atoms with Gasteiger partial charge >= 0.3 is 6.18 Å². The number of hydrogen-bond acceptors (Lipinski definition) is 5. The van der Waals surface area contributed by atoms with Crippen molar-refractivity contribution in [3.05, 3.63) is 96.4 Å². The van der Waals surface area contributed by atoms with Crippen molar-refractivity contribution in [3.63, 3.8) is 0 Å². The highest BCUT2D eigenvalue weighted by Crippen LogP contribution is 2.33. The second kappa shape index (κ2) is 9.91. The third kappa shape index (κ3) is 4.62. The minimum absolute atomic E-state index is 0.00245. The van der Waals surface area contributed by atoms with E-state index in [-0.39, 0.29) is 17.5 Å². The quantitative estimate of drug-likeness (QED) is 0.407. The number of carbonyl (C=O) groups is 2. The molecule has 4 aromatic rings. The average molecular weight is 547 g/mol. The molecule has 6 rings (SSSR count). The van der Waals surface area contributed by atoms with Gasteiger partial charge in [-0.25, -0.2) is 4.68 Å². The Morgan fingerprint density at radius 1 is 0.900 bits per heavy atom.